The summed E-state index contributed by atoms with van der Waals surface area (Å²) in [7, 11) is 0. The predicted molar refractivity (Wildman–Crippen MR) is 110 cm³/mol. The average molecular weight is 400 g/mol. The molecule has 2 saturated heterocycles. The molecule has 3 fully saturated rings. The van der Waals surface area contributed by atoms with Crippen molar-refractivity contribution in [2.45, 2.75) is 38.1 Å². The topological polar surface area (TPSA) is 44.4 Å². The van der Waals surface area contributed by atoms with Crippen molar-refractivity contribution in [2.75, 3.05) is 32.7 Å². The largest absolute Gasteiger partial charge is 0.354 e. The molecule has 1 aliphatic carbocycles. The van der Waals surface area contributed by atoms with Gasteiger partial charge >= 0.3 is 0 Å². The van der Waals surface area contributed by atoms with Crippen LogP contribution >= 0.6 is 24.8 Å². The lowest BCUT2D eigenvalue weighted by Crippen LogP contribution is -2.39. The Bertz CT molecular complexity index is 572. The highest BCUT2D eigenvalue weighted by Gasteiger charge is 2.57. The quantitative estimate of drug-likeness (QED) is 0.798. The molecule has 6 heteroatoms. The van der Waals surface area contributed by atoms with Crippen LogP contribution in [-0.4, -0.2) is 43.5 Å². The Morgan fingerprint density at radius 1 is 1.15 bits per heavy atom. The molecule has 2 atom stereocenters. The molecule has 2 heterocycles. The molecular formula is C20H31Cl2N3O. The molecule has 146 valence electrons. The van der Waals surface area contributed by atoms with Crippen LogP contribution in [0.1, 0.15) is 43.7 Å². The van der Waals surface area contributed by atoms with E-state index in [2.05, 4.69) is 45.9 Å². The number of rotatable bonds is 5. The van der Waals surface area contributed by atoms with Gasteiger partial charge in [-0.1, -0.05) is 30.3 Å². The highest BCUT2D eigenvalue weighted by molar-refractivity contribution is 5.85. The molecule has 4 rings (SSSR count). The van der Waals surface area contributed by atoms with Gasteiger partial charge in [0.15, 0.2) is 0 Å². The van der Waals surface area contributed by atoms with Crippen LogP contribution in [0.3, 0.4) is 0 Å². The van der Waals surface area contributed by atoms with Crippen molar-refractivity contribution in [1.29, 1.82) is 0 Å². The van der Waals surface area contributed by atoms with E-state index in [0.29, 0.717) is 11.5 Å². The van der Waals surface area contributed by atoms with E-state index in [9.17, 15) is 4.79 Å². The van der Waals surface area contributed by atoms with Gasteiger partial charge in [0.2, 0.25) is 5.91 Å². The van der Waals surface area contributed by atoms with Crippen molar-refractivity contribution in [2.24, 2.45) is 11.3 Å². The second-order valence-corrected chi connectivity index (χ2v) is 7.78. The number of benzene rings is 1. The Balaban J connectivity index is 0.00000121. The number of hydrogen-bond acceptors (Lipinski definition) is 3. The average Bonchev–Trinajstić information content (AvgIpc) is 3.06. The van der Waals surface area contributed by atoms with Crippen LogP contribution in [0, 0.1) is 11.3 Å². The molecule has 1 saturated carbocycles. The molecule has 1 spiro atoms. The lowest BCUT2D eigenvalue weighted by atomic mass is 9.91. The van der Waals surface area contributed by atoms with Crippen molar-refractivity contribution in [3.63, 3.8) is 0 Å². The van der Waals surface area contributed by atoms with Crippen molar-refractivity contribution in [3.8, 4) is 0 Å². The van der Waals surface area contributed by atoms with Gasteiger partial charge in [-0.05, 0) is 69.3 Å². The lowest BCUT2D eigenvalue weighted by Gasteiger charge is -2.28. The normalized spacial score (nSPS) is 25.0. The standard InChI is InChI=1S/C20H29N3O.2ClH/c24-19(17-14-20(17)8-10-21-11-9-20)22-15-18(23-12-4-5-13-23)16-6-2-1-3-7-16;;/h1-3,6-7,17-18,21H,4-5,8-15H2,(H,22,24);2*1H. The van der Waals surface area contributed by atoms with Crippen molar-refractivity contribution in [1.82, 2.24) is 15.5 Å². The third-order valence-corrected chi connectivity index (χ3v) is 6.34. The summed E-state index contributed by atoms with van der Waals surface area (Å²) in [4.78, 5) is 15.2. The van der Waals surface area contributed by atoms with Crippen LogP contribution in [0.25, 0.3) is 0 Å². The number of carbonyl (C=O) groups is 1. The van der Waals surface area contributed by atoms with Gasteiger partial charge in [-0.2, -0.15) is 0 Å². The molecule has 2 N–H and O–H groups in total. The molecular weight excluding hydrogens is 369 g/mol. The third kappa shape index (κ3) is 4.53. The first-order valence-electron chi connectivity index (χ1n) is 9.56. The van der Waals surface area contributed by atoms with E-state index in [4.69, 9.17) is 0 Å². The van der Waals surface area contributed by atoms with Crippen molar-refractivity contribution >= 4 is 30.7 Å². The summed E-state index contributed by atoms with van der Waals surface area (Å²) in [6.07, 6.45) is 5.98. The minimum atomic E-state index is 0. The van der Waals surface area contributed by atoms with Crippen LogP contribution in [0.4, 0.5) is 0 Å². The summed E-state index contributed by atoms with van der Waals surface area (Å²) in [6, 6.07) is 11.0. The van der Waals surface area contributed by atoms with Crippen LogP contribution in [0.15, 0.2) is 30.3 Å². The summed E-state index contributed by atoms with van der Waals surface area (Å²) in [5.74, 6) is 0.548. The van der Waals surface area contributed by atoms with Crippen molar-refractivity contribution in [3.05, 3.63) is 35.9 Å². The highest BCUT2D eigenvalue weighted by Crippen LogP contribution is 2.58. The second kappa shape index (κ2) is 9.41. The van der Waals surface area contributed by atoms with Gasteiger partial charge in [0.1, 0.15) is 0 Å². The fourth-order valence-corrected chi connectivity index (χ4v) is 4.70. The van der Waals surface area contributed by atoms with Gasteiger partial charge in [0, 0.05) is 12.5 Å². The van der Waals surface area contributed by atoms with Gasteiger partial charge in [0.25, 0.3) is 0 Å². The number of hydrogen-bond donors (Lipinski definition) is 2. The van der Waals surface area contributed by atoms with Crippen LogP contribution < -0.4 is 10.6 Å². The van der Waals surface area contributed by atoms with Crippen LogP contribution in [0.5, 0.6) is 0 Å². The molecule has 1 amide bonds. The van der Waals surface area contributed by atoms with Crippen LogP contribution in [-0.2, 0) is 4.79 Å². The molecule has 2 aliphatic heterocycles. The number of halogens is 2. The molecule has 3 aliphatic rings. The molecule has 26 heavy (non-hydrogen) atoms. The summed E-state index contributed by atoms with van der Waals surface area (Å²) < 4.78 is 0. The zero-order chi connectivity index (χ0) is 16.4. The van der Waals surface area contributed by atoms with E-state index < -0.39 is 0 Å². The fourth-order valence-electron chi connectivity index (χ4n) is 4.70. The van der Waals surface area contributed by atoms with Crippen LogP contribution in [0.2, 0.25) is 0 Å². The number of nitrogens with zero attached hydrogens (tertiary/aromatic N) is 1. The first-order chi connectivity index (χ1) is 11.8. The van der Waals surface area contributed by atoms with E-state index >= 15 is 0 Å². The summed E-state index contributed by atoms with van der Waals surface area (Å²) in [6.45, 7) is 5.19. The Hall–Kier alpha value is -0.810. The highest BCUT2D eigenvalue weighted by atomic mass is 35.5. The lowest BCUT2D eigenvalue weighted by molar-refractivity contribution is -0.123. The molecule has 0 aromatic heterocycles. The summed E-state index contributed by atoms with van der Waals surface area (Å²) in [5.41, 5.74) is 1.65. The Kier molecular flexibility index (Phi) is 7.77. The van der Waals surface area contributed by atoms with E-state index in [1.165, 1.54) is 31.2 Å². The Morgan fingerprint density at radius 3 is 2.46 bits per heavy atom. The van der Waals surface area contributed by atoms with Gasteiger partial charge < -0.3 is 10.6 Å². The maximum Gasteiger partial charge on any atom is 0.223 e. The number of carbonyl (C=O) groups excluding carboxylic acids is 1. The zero-order valence-electron chi connectivity index (χ0n) is 15.3. The number of likely N-dealkylation sites (tertiary alicyclic amines) is 1. The van der Waals surface area contributed by atoms with E-state index in [0.717, 1.165) is 39.1 Å². The minimum Gasteiger partial charge on any atom is -0.354 e. The number of piperidine rings is 1. The maximum absolute atomic E-state index is 12.7. The van der Waals surface area contributed by atoms with E-state index in [1.807, 2.05) is 0 Å². The molecule has 1 aromatic rings. The Labute approximate surface area is 169 Å². The monoisotopic (exact) mass is 399 g/mol. The van der Waals surface area contributed by atoms with Gasteiger partial charge in [-0.3, -0.25) is 9.69 Å². The SMILES string of the molecule is Cl.Cl.O=C(NCC(c1ccccc1)N1CCCC1)C1CC12CCNCC2. The molecule has 4 nitrogen and oxygen atoms in total. The zero-order valence-corrected chi connectivity index (χ0v) is 16.9. The summed E-state index contributed by atoms with van der Waals surface area (Å²) in [5, 5.41) is 6.70. The first-order valence-corrected chi connectivity index (χ1v) is 9.56. The predicted octanol–water partition coefficient (Wildman–Crippen LogP) is 3.17. The van der Waals surface area contributed by atoms with E-state index in [-0.39, 0.29) is 36.6 Å². The smallest absolute Gasteiger partial charge is 0.223 e. The van der Waals surface area contributed by atoms with Gasteiger partial charge in [0.05, 0.1) is 6.04 Å². The Morgan fingerprint density at radius 2 is 1.81 bits per heavy atom. The molecule has 2 unspecified atom stereocenters. The molecule has 0 radical (unpaired) electrons. The number of nitrogens with one attached hydrogen (secondary N) is 2. The maximum atomic E-state index is 12.7. The fraction of sp³-hybridized carbons (Fsp3) is 0.650. The number of amides is 1. The first kappa shape index (κ1) is 21.5. The molecule has 0 bridgehead atoms. The van der Waals surface area contributed by atoms with E-state index in [1.54, 1.807) is 0 Å². The third-order valence-electron chi connectivity index (χ3n) is 6.34. The van der Waals surface area contributed by atoms with Crippen molar-refractivity contribution < 1.29 is 4.79 Å². The second-order valence-electron chi connectivity index (χ2n) is 7.78. The molecule has 1 aromatic carbocycles. The van der Waals surface area contributed by atoms with Gasteiger partial charge in [-0.25, -0.2) is 0 Å². The minimum absolute atomic E-state index is 0. The van der Waals surface area contributed by atoms with Gasteiger partial charge in [-0.15, -0.1) is 24.8 Å². The summed E-state index contributed by atoms with van der Waals surface area (Å²) >= 11 is 0.